The number of fused-ring (bicyclic) bond motifs is 1. The molecular formula is C26H34FNO6. The zero-order valence-electron chi connectivity index (χ0n) is 20.6. The largest absolute Gasteiger partial charge is 0.483 e. The van der Waals surface area contributed by atoms with Crippen molar-refractivity contribution in [2.24, 2.45) is 11.8 Å². The van der Waals surface area contributed by atoms with Crippen molar-refractivity contribution in [2.45, 2.75) is 76.9 Å². The minimum Gasteiger partial charge on any atom is -0.483 e. The zero-order chi connectivity index (χ0) is 24.8. The van der Waals surface area contributed by atoms with E-state index >= 15 is 4.39 Å². The van der Waals surface area contributed by atoms with Crippen LogP contribution in [0.1, 0.15) is 81.6 Å². The highest BCUT2D eigenvalue weighted by Gasteiger charge is 2.47. The van der Waals surface area contributed by atoms with Crippen LogP contribution in [-0.2, 0) is 14.3 Å². The number of piperidine rings is 1. The van der Waals surface area contributed by atoms with Crippen molar-refractivity contribution in [3.63, 3.8) is 0 Å². The third kappa shape index (κ3) is 4.77. The van der Waals surface area contributed by atoms with Crippen molar-refractivity contribution in [1.82, 2.24) is 4.90 Å². The normalized spacial score (nSPS) is 21.4. The average Bonchev–Trinajstić information content (AvgIpc) is 3.59. The maximum Gasteiger partial charge on any atom is 0.410 e. The summed E-state index contributed by atoms with van der Waals surface area (Å²) in [5.74, 6) is -1.77. The van der Waals surface area contributed by atoms with Gasteiger partial charge < -0.3 is 19.1 Å². The number of Topliss-reactive ketones (excluding diaryl/α,β-unsaturated/α-hetero) is 1. The van der Waals surface area contributed by atoms with Crippen LogP contribution in [0.5, 0.6) is 5.75 Å². The standard InChI is InChI=1S/C26H34FNO6/c1-15(23(30)32-5)20(16-6-7-16)18-9-8-17-19(29)14-26(33-22(17)21(18)27)10-12-28(13-11-26)24(31)34-25(2,3)4/h8-9,15-16,20H,6-7,10-14H2,1-5H3. The fourth-order valence-corrected chi connectivity index (χ4v) is 5.21. The molecule has 1 spiro atoms. The number of likely N-dealkylation sites (tertiary alicyclic amines) is 1. The number of carbonyl (C=O) groups is 3. The quantitative estimate of drug-likeness (QED) is 0.579. The van der Waals surface area contributed by atoms with Crippen molar-refractivity contribution >= 4 is 17.8 Å². The van der Waals surface area contributed by atoms with E-state index in [4.69, 9.17) is 14.2 Å². The summed E-state index contributed by atoms with van der Waals surface area (Å²) in [6, 6.07) is 3.25. The highest BCUT2D eigenvalue weighted by molar-refractivity contribution is 6.00. The molecule has 1 aliphatic carbocycles. The Morgan fingerprint density at radius 2 is 1.85 bits per heavy atom. The number of halogens is 1. The number of nitrogens with zero attached hydrogens (tertiary/aromatic N) is 1. The first-order valence-corrected chi connectivity index (χ1v) is 12.0. The number of esters is 1. The number of ketones is 1. The van der Waals surface area contributed by atoms with E-state index in [1.165, 1.54) is 7.11 Å². The van der Waals surface area contributed by atoms with E-state index in [0.29, 0.717) is 31.5 Å². The molecule has 0 N–H and O–H groups in total. The first kappa shape index (κ1) is 24.5. The second-order valence-corrected chi connectivity index (χ2v) is 10.9. The lowest BCUT2D eigenvalue weighted by molar-refractivity contribution is -0.145. The average molecular weight is 476 g/mol. The zero-order valence-corrected chi connectivity index (χ0v) is 20.6. The third-order valence-electron chi connectivity index (χ3n) is 7.16. The molecular weight excluding hydrogens is 441 g/mol. The molecule has 1 amide bonds. The predicted molar refractivity (Wildman–Crippen MR) is 122 cm³/mol. The first-order valence-electron chi connectivity index (χ1n) is 12.0. The summed E-state index contributed by atoms with van der Waals surface area (Å²) in [6.07, 6.45) is 2.41. The molecule has 1 saturated carbocycles. The molecule has 2 unspecified atom stereocenters. The molecule has 4 rings (SSSR count). The van der Waals surface area contributed by atoms with Gasteiger partial charge in [-0.2, -0.15) is 0 Å². The smallest absolute Gasteiger partial charge is 0.410 e. The van der Waals surface area contributed by atoms with Crippen molar-refractivity contribution < 1.29 is 33.0 Å². The van der Waals surface area contributed by atoms with Gasteiger partial charge in [0.1, 0.15) is 11.2 Å². The molecule has 0 aromatic heterocycles. The van der Waals surface area contributed by atoms with E-state index in [0.717, 1.165) is 12.8 Å². The van der Waals surface area contributed by atoms with Gasteiger partial charge in [-0.25, -0.2) is 9.18 Å². The number of amides is 1. The summed E-state index contributed by atoms with van der Waals surface area (Å²) in [6.45, 7) is 7.92. The van der Waals surface area contributed by atoms with Crippen LogP contribution in [0.2, 0.25) is 0 Å². The maximum absolute atomic E-state index is 15.9. The summed E-state index contributed by atoms with van der Waals surface area (Å²) in [5.41, 5.74) is -0.816. The van der Waals surface area contributed by atoms with Gasteiger partial charge in [0.15, 0.2) is 17.3 Å². The summed E-state index contributed by atoms with van der Waals surface area (Å²) in [5, 5.41) is 0. The molecule has 8 heteroatoms. The molecule has 0 bridgehead atoms. The summed E-state index contributed by atoms with van der Waals surface area (Å²) in [4.78, 5) is 39.3. The van der Waals surface area contributed by atoms with E-state index in [-0.39, 0.29) is 41.3 Å². The van der Waals surface area contributed by atoms with E-state index in [9.17, 15) is 14.4 Å². The lowest BCUT2D eigenvalue weighted by Crippen LogP contribution is -2.53. The van der Waals surface area contributed by atoms with E-state index < -0.39 is 29.0 Å². The van der Waals surface area contributed by atoms with Crippen LogP contribution >= 0.6 is 0 Å². The van der Waals surface area contributed by atoms with Gasteiger partial charge in [0.05, 0.1) is 25.0 Å². The van der Waals surface area contributed by atoms with Crippen LogP contribution in [0.3, 0.4) is 0 Å². The minimum atomic E-state index is -0.856. The second kappa shape index (κ2) is 8.86. The number of ether oxygens (including phenoxy) is 3. The molecule has 3 aliphatic rings. The van der Waals surface area contributed by atoms with Gasteiger partial charge in [0, 0.05) is 31.8 Å². The van der Waals surface area contributed by atoms with Crippen LogP contribution in [0.25, 0.3) is 0 Å². The number of benzene rings is 1. The highest BCUT2D eigenvalue weighted by Crippen LogP contribution is 2.50. The van der Waals surface area contributed by atoms with Crippen LogP contribution in [-0.4, -0.2) is 54.1 Å². The second-order valence-electron chi connectivity index (χ2n) is 10.9. The van der Waals surface area contributed by atoms with E-state index in [1.54, 1.807) is 24.0 Å². The number of hydrogen-bond acceptors (Lipinski definition) is 6. The molecule has 1 saturated heterocycles. The van der Waals surface area contributed by atoms with Gasteiger partial charge in [0.25, 0.3) is 0 Å². The van der Waals surface area contributed by atoms with Crippen LogP contribution in [0.15, 0.2) is 12.1 Å². The maximum atomic E-state index is 15.9. The monoisotopic (exact) mass is 475 g/mol. The summed E-state index contributed by atoms with van der Waals surface area (Å²) >= 11 is 0. The van der Waals surface area contributed by atoms with Gasteiger partial charge in [-0.3, -0.25) is 9.59 Å². The number of methoxy groups -OCH3 is 1. The minimum absolute atomic E-state index is 0.0258. The lowest BCUT2D eigenvalue weighted by Gasteiger charge is -2.44. The summed E-state index contributed by atoms with van der Waals surface area (Å²) < 4.78 is 32.5. The van der Waals surface area contributed by atoms with Crippen LogP contribution in [0, 0.1) is 17.7 Å². The van der Waals surface area contributed by atoms with Crippen molar-refractivity contribution in [3.05, 3.63) is 29.1 Å². The molecule has 34 heavy (non-hydrogen) atoms. The van der Waals surface area contributed by atoms with Crippen molar-refractivity contribution in [2.75, 3.05) is 20.2 Å². The fourth-order valence-electron chi connectivity index (χ4n) is 5.21. The van der Waals surface area contributed by atoms with E-state index in [2.05, 4.69) is 0 Å². The lowest BCUT2D eigenvalue weighted by atomic mass is 9.79. The van der Waals surface area contributed by atoms with Gasteiger partial charge >= 0.3 is 12.1 Å². The van der Waals surface area contributed by atoms with Gasteiger partial charge in [-0.15, -0.1) is 0 Å². The Labute approximate surface area is 199 Å². The molecule has 1 aromatic carbocycles. The molecule has 0 radical (unpaired) electrons. The molecule has 7 nitrogen and oxygen atoms in total. The van der Waals surface area contributed by atoms with Crippen molar-refractivity contribution in [3.8, 4) is 5.75 Å². The third-order valence-corrected chi connectivity index (χ3v) is 7.16. The van der Waals surface area contributed by atoms with Crippen LogP contribution < -0.4 is 4.74 Å². The van der Waals surface area contributed by atoms with Gasteiger partial charge in [-0.1, -0.05) is 13.0 Å². The van der Waals surface area contributed by atoms with Crippen molar-refractivity contribution in [1.29, 1.82) is 0 Å². The number of carbonyl (C=O) groups excluding carboxylic acids is 3. The predicted octanol–water partition coefficient (Wildman–Crippen LogP) is 4.86. The Morgan fingerprint density at radius 1 is 1.21 bits per heavy atom. The Balaban J connectivity index is 1.57. The van der Waals surface area contributed by atoms with Crippen LogP contribution in [0.4, 0.5) is 9.18 Å². The Morgan fingerprint density at radius 3 is 2.41 bits per heavy atom. The molecule has 2 fully saturated rings. The Kier molecular flexibility index (Phi) is 6.38. The molecule has 186 valence electrons. The van der Waals surface area contributed by atoms with Gasteiger partial charge in [-0.05, 0) is 51.2 Å². The molecule has 1 aromatic rings. The number of rotatable bonds is 4. The molecule has 2 atom stereocenters. The fraction of sp³-hybridized carbons (Fsp3) is 0.654. The topological polar surface area (TPSA) is 82.1 Å². The Bertz CT molecular complexity index is 988. The Hall–Kier alpha value is -2.64. The SMILES string of the molecule is COC(=O)C(C)C(c1ccc2c(c1F)OC1(CCN(C(=O)OC(C)(C)C)CC1)CC2=O)C1CC1. The van der Waals surface area contributed by atoms with Gasteiger partial charge in [0.2, 0.25) is 0 Å². The number of hydrogen-bond donors (Lipinski definition) is 0. The first-order chi connectivity index (χ1) is 15.9. The molecule has 2 aliphatic heterocycles. The summed E-state index contributed by atoms with van der Waals surface area (Å²) in [7, 11) is 1.33. The molecule has 2 heterocycles. The highest BCUT2D eigenvalue weighted by atomic mass is 19.1. The van der Waals surface area contributed by atoms with E-state index in [1.807, 2.05) is 20.8 Å².